The second-order valence-corrected chi connectivity index (χ2v) is 7.66. The first-order valence-corrected chi connectivity index (χ1v) is 8.80. The number of hydrogen-bond acceptors (Lipinski definition) is 3. The van der Waals surface area contributed by atoms with Crippen LogP contribution >= 0.6 is 0 Å². The van der Waals surface area contributed by atoms with Crippen molar-refractivity contribution in [3.8, 4) is 0 Å². The fraction of sp³-hybridized carbons (Fsp3) is 0.833. The van der Waals surface area contributed by atoms with Gasteiger partial charge in [0.05, 0.1) is 5.92 Å². The van der Waals surface area contributed by atoms with Crippen molar-refractivity contribution in [2.45, 2.75) is 66.7 Å². The summed E-state index contributed by atoms with van der Waals surface area (Å²) in [5, 5.41) is 2.84. The molecule has 1 aliphatic heterocycles. The number of amides is 3. The van der Waals surface area contributed by atoms with Crippen LogP contribution in [-0.2, 0) is 14.4 Å². The van der Waals surface area contributed by atoms with Crippen molar-refractivity contribution in [2.24, 2.45) is 17.3 Å². The van der Waals surface area contributed by atoms with Crippen LogP contribution in [0.3, 0.4) is 0 Å². The first-order chi connectivity index (χ1) is 10.7. The topological polar surface area (TPSA) is 66.5 Å². The molecule has 0 radical (unpaired) electrons. The Morgan fingerprint density at radius 3 is 2.57 bits per heavy atom. The van der Waals surface area contributed by atoms with Crippen LogP contribution in [0, 0.1) is 17.3 Å². The number of likely N-dealkylation sites (tertiary alicyclic amines) is 1. The molecule has 0 aromatic rings. The van der Waals surface area contributed by atoms with Crippen molar-refractivity contribution >= 4 is 17.7 Å². The average molecular weight is 324 g/mol. The number of hydrogen-bond donors (Lipinski definition) is 1. The van der Waals surface area contributed by atoms with Gasteiger partial charge in [-0.1, -0.05) is 41.0 Å². The van der Waals surface area contributed by atoms with E-state index in [2.05, 4.69) is 39.9 Å². The third-order valence-electron chi connectivity index (χ3n) is 4.69. The van der Waals surface area contributed by atoms with E-state index in [0.717, 1.165) is 19.3 Å². The Bertz CT molecular complexity index is 444. The van der Waals surface area contributed by atoms with Crippen LogP contribution < -0.4 is 5.32 Å². The summed E-state index contributed by atoms with van der Waals surface area (Å²) in [5.74, 6) is -0.0531. The minimum atomic E-state index is -0.251. The Balaban J connectivity index is 2.50. The molecule has 1 fully saturated rings. The zero-order valence-corrected chi connectivity index (χ0v) is 15.3. The third kappa shape index (κ3) is 5.63. The molecular weight excluding hydrogens is 292 g/mol. The van der Waals surface area contributed by atoms with Crippen molar-refractivity contribution in [3.63, 3.8) is 0 Å². The second-order valence-electron chi connectivity index (χ2n) is 7.66. The molecule has 132 valence electrons. The lowest BCUT2D eigenvalue weighted by Gasteiger charge is -2.29. The van der Waals surface area contributed by atoms with Crippen molar-refractivity contribution in [1.82, 2.24) is 10.2 Å². The Labute approximate surface area is 140 Å². The Hall–Kier alpha value is -1.39. The average Bonchev–Trinajstić information content (AvgIpc) is 2.72. The molecule has 1 N–H and O–H groups in total. The quantitative estimate of drug-likeness (QED) is 0.663. The number of carbonyl (C=O) groups is 3. The second kappa shape index (κ2) is 8.46. The molecule has 0 aliphatic carbocycles. The van der Waals surface area contributed by atoms with Crippen LogP contribution in [0.15, 0.2) is 0 Å². The van der Waals surface area contributed by atoms with Crippen molar-refractivity contribution < 1.29 is 14.4 Å². The normalized spacial score (nSPS) is 18.9. The highest BCUT2D eigenvalue weighted by Crippen LogP contribution is 2.39. The van der Waals surface area contributed by atoms with Crippen molar-refractivity contribution in [2.75, 3.05) is 13.1 Å². The SMILES string of the molecule is CCCC(C)(C)C1CC(=O)N(CCC(=O)NCCC(C)C)C1=O. The molecule has 1 saturated heterocycles. The summed E-state index contributed by atoms with van der Waals surface area (Å²) in [4.78, 5) is 37.8. The molecule has 23 heavy (non-hydrogen) atoms. The Morgan fingerprint density at radius 1 is 1.35 bits per heavy atom. The number of nitrogens with zero attached hydrogens (tertiary/aromatic N) is 1. The first-order valence-electron chi connectivity index (χ1n) is 8.80. The first kappa shape index (κ1) is 19.7. The molecule has 0 aromatic carbocycles. The summed E-state index contributed by atoms with van der Waals surface area (Å²) in [6.07, 6.45) is 3.31. The molecule has 5 nitrogen and oxygen atoms in total. The van der Waals surface area contributed by atoms with E-state index in [1.807, 2.05) is 0 Å². The largest absolute Gasteiger partial charge is 0.356 e. The molecule has 0 spiro atoms. The Morgan fingerprint density at radius 2 is 2.00 bits per heavy atom. The maximum Gasteiger partial charge on any atom is 0.233 e. The van der Waals surface area contributed by atoms with Gasteiger partial charge in [0.1, 0.15) is 0 Å². The van der Waals surface area contributed by atoms with Crippen LogP contribution in [0.4, 0.5) is 0 Å². The van der Waals surface area contributed by atoms with Gasteiger partial charge in [0.2, 0.25) is 17.7 Å². The predicted molar refractivity (Wildman–Crippen MR) is 90.6 cm³/mol. The minimum absolute atomic E-state index is 0.0949. The van der Waals surface area contributed by atoms with E-state index in [0.29, 0.717) is 12.5 Å². The van der Waals surface area contributed by atoms with E-state index in [4.69, 9.17) is 0 Å². The molecule has 0 bridgehead atoms. The van der Waals surface area contributed by atoms with E-state index < -0.39 is 0 Å². The van der Waals surface area contributed by atoms with Gasteiger partial charge in [0, 0.05) is 25.9 Å². The highest BCUT2D eigenvalue weighted by molar-refractivity contribution is 6.04. The van der Waals surface area contributed by atoms with Gasteiger partial charge in [-0.2, -0.15) is 0 Å². The molecule has 1 rings (SSSR count). The molecule has 0 aromatic heterocycles. The van der Waals surface area contributed by atoms with Gasteiger partial charge in [0.25, 0.3) is 0 Å². The van der Waals surface area contributed by atoms with Gasteiger partial charge in [-0.25, -0.2) is 0 Å². The van der Waals surface area contributed by atoms with Crippen LogP contribution in [0.5, 0.6) is 0 Å². The number of nitrogens with one attached hydrogen (secondary N) is 1. The molecule has 1 unspecified atom stereocenters. The summed E-state index contributed by atoms with van der Waals surface area (Å²) in [6.45, 7) is 11.2. The van der Waals surface area contributed by atoms with Gasteiger partial charge >= 0.3 is 0 Å². The monoisotopic (exact) mass is 324 g/mol. The Kier molecular flexibility index (Phi) is 7.23. The number of imide groups is 1. The summed E-state index contributed by atoms with van der Waals surface area (Å²) in [6, 6.07) is 0. The molecule has 1 heterocycles. The molecule has 0 saturated carbocycles. The standard InChI is InChI=1S/C18H32N2O3/c1-6-9-18(4,5)14-12-16(22)20(17(14)23)11-8-15(21)19-10-7-13(2)3/h13-14H,6-12H2,1-5H3,(H,19,21). The van der Waals surface area contributed by atoms with Crippen molar-refractivity contribution in [3.05, 3.63) is 0 Å². The van der Waals surface area contributed by atoms with Crippen LogP contribution in [0.2, 0.25) is 0 Å². The van der Waals surface area contributed by atoms with Crippen LogP contribution in [0.1, 0.15) is 66.7 Å². The van der Waals surface area contributed by atoms with E-state index in [1.165, 1.54) is 4.90 Å². The zero-order valence-electron chi connectivity index (χ0n) is 15.3. The lowest BCUT2D eigenvalue weighted by molar-refractivity contribution is -0.140. The highest BCUT2D eigenvalue weighted by Gasteiger charge is 2.45. The lowest BCUT2D eigenvalue weighted by atomic mass is 9.74. The maximum absolute atomic E-state index is 12.5. The van der Waals surface area contributed by atoms with Gasteiger partial charge < -0.3 is 5.32 Å². The van der Waals surface area contributed by atoms with E-state index in [-0.39, 0.29) is 48.4 Å². The summed E-state index contributed by atoms with van der Waals surface area (Å²) in [5.41, 5.74) is -0.171. The van der Waals surface area contributed by atoms with Gasteiger partial charge in [-0.15, -0.1) is 0 Å². The molecule has 5 heteroatoms. The van der Waals surface area contributed by atoms with Crippen LogP contribution in [-0.4, -0.2) is 35.7 Å². The lowest BCUT2D eigenvalue weighted by Crippen LogP contribution is -2.37. The molecule has 1 aliphatic rings. The maximum atomic E-state index is 12.5. The molecular formula is C18H32N2O3. The van der Waals surface area contributed by atoms with E-state index >= 15 is 0 Å². The van der Waals surface area contributed by atoms with E-state index in [9.17, 15) is 14.4 Å². The number of rotatable bonds is 9. The fourth-order valence-corrected chi connectivity index (χ4v) is 3.15. The molecule has 3 amide bonds. The molecule has 1 atom stereocenters. The third-order valence-corrected chi connectivity index (χ3v) is 4.69. The van der Waals surface area contributed by atoms with Crippen molar-refractivity contribution in [1.29, 1.82) is 0 Å². The summed E-state index contributed by atoms with van der Waals surface area (Å²) < 4.78 is 0. The predicted octanol–water partition coefficient (Wildman–Crippen LogP) is 2.74. The highest BCUT2D eigenvalue weighted by atomic mass is 16.2. The van der Waals surface area contributed by atoms with Gasteiger partial charge in [-0.05, 0) is 24.2 Å². The minimum Gasteiger partial charge on any atom is -0.356 e. The smallest absolute Gasteiger partial charge is 0.233 e. The van der Waals surface area contributed by atoms with E-state index in [1.54, 1.807) is 0 Å². The zero-order chi connectivity index (χ0) is 17.6. The number of carbonyl (C=O) groups excluding carboxylic acids is 3. The van der Waals surface area contributed by atoms with Gasteiger partial charge in [0.15, 0.2) is 0 Å². The summed E-state index contributed by atoms with van der Waals surface area (Å²) in [7, 11) is 0. The van der Waals surface area contributed by atoms with Crippen LogP contribution in [0.25, 0.3) is 0 Å². The van der Waals surface area contributed by atoms with Gasteiger partial charge in [-0.3, -0.25) is 19.3 Å². The fourth-order valence-electron chi connectivity index (χ4n) is 3.15. The summed E-state index contributed by atoms with van der Waals surface area (Å²) >= 11 is 0.